The Bertz CT molecular complexity index is 903. The molecular formula is C20H15F2NO4. The van der Waals surface area contributed by atoms with Crippen LogP contribution < -0.4 is 9.47 Å². The van der Waals surface area contributed by atoms with Gasteiger partial charge in [0.1, 0.15) is 23.7 Å². The van der Waals surface area contributed by atoms with Crippen LogP contribution in [0.5, 0.6) is 17.4 Å². The molecule has 0 aliphatic heterocycles. The van der Waals surface area contributed by atoms with Crippen LogP contribution in [-0.2, 0) is 11.3 Å². The third-order valence-corrected chi connectivity index (χ3v) is 3.50. The summed E-state index contributed by atoms with van der Waals surface area (Å²) in [6, 6.07) is 18.0. The van der Waals surface area contributed by atoms with Crippen molar-refractivity contribution in [1.82, 2.24) is 4.98 Å². The molecule has 0 aliphatic carbocycles. The van der Waals surface area contributed by atoms with E-state index in [1.807, 2.05) is 6.07 Å². The third-order valence-electron chi connectivity index (χ3n) is 3.50. The van der Waals surface area contributed by atoms with E-state index in [9.17, 15) is 13.6 Å². The van der Waals surface area contributed by atoms with Crippen LogP contribution in [0.4, 0.5) is 8.78 Å². The monoisotopic (exact) mass is 371 g/mol. The lowest BCUT2D eigenvalue weighted by atomic mass is 10.2. The lowest BCUT2D eigenvalue weighted by Gasteiger charge is -2.12. The Balaban J connectivity index is 1.72. The first-order chi connectivity index (χ1) is 13.1. The SMILES string of the molecule is O=C(OCc1ccccc1OC(F)F)c1cccnc1Oc1ccccc1. The molecule has 0 bridgehead atoms. The van der Waals surface area contributed by atoms with Gasteiger partial charge in [-0.05, 0) is 30.3 Å². The summed E-state index contributed by atoms with van der Waals surface area (Å²) in [5.41, 5.74) is 0.439. The van der Waals surface area contributed by atoms with Gasteiger partial charge in [0, 0.05) is 11.8 Å². The summed E-state index contributed by atoms with van der Waals surface area (Å²) in [4.78, 5) is 16.5. The van der Waals surface area contributed by atoms with Gasteiger partial charge in [0.15, 0.2) is 0 Å². The predicted molar refractivity (Wildman–Crippen MR) is 92.9 cm³/mol. The second kappa shape index (κ2) is 8.75. The normalized spacial score (nSPS) is 10.5. The zero-order valence-electron chi connectivity index (χ0n) is 14.0. The van der Waals surface area contributed by atoms with Gasteiger partial charge < -0.3 is 14.2 Å². The summed E-state index contributed by atoms with van der Waals surface area (Å²) < 4.78 is 40.2. The molecule has 3 rings (SSSR count). The van der Waals surface area contributed by atoms with E-state index in [2.05, 4.69) is 9.72 Å². The van der Waals surface area contributed by atoms with Gasteiger partial charge in [-0.25, -0.2) is 9.78 Å². The smallest absolute Gasteiger partial charge is 0.387 e. The van der Waals surface area contributed by atoms with Gasteiger partial charge in [0.05, 0.1) is 0 Å². The van der Waals surface area contributed by atoms with E-state index in [1.165, 1.54) is 24.4 Å². The second-order valence-corrected chi connectivity index (χ2v) is 5.33. The topological polar surface area (TPSA) is 57.7 Å². The van der Waals surface area contributed by atoms with Gasteiger partial charge in [-0.15, -0.1) is 0 Å². The van der Waals surface area contributed by atoms with E-state index in [0.29, 0.717) is 11.3 Å². The quantitative estimate of drug-likeness (QED) is 0.557. The number of halogens is 2. The van der Waals surface area contributed by atoms with Crippen molar-refractivity contribution < 1.29 is 27.8 Å². The molecule has 27 heavy (non-hydrogen) atoms. The number of para-hydroxylation sites is 2. The van der Waals surface area contributed by atoms with E-state index in [1.54, 1.807) is 42.5 Å². The van der Waals surface area contributed by atoms with E-state index >= 15 is 0 Å². The number of esters is 1. The summed E-state index contributed by atoms with van der Waals surface area (Å²) in [6.07, 6.45) is 1.49. The lowest BCUT2D eigenvalue weighted by Crippen LogP contribution is -2.10. The molecule has 0 fully saturated rings. The number of pyridine rings is 1. The number of carbonyl (C=O) groups is 1. The van der Waals surface area contributed by atoms with E-state index in [4.69, 9.17) is 9.47 Å². The van der Waals surface area contributed by atoms with Crippen molar-refractivity contribution >= 4 is 5.97 Å². The number of aromatic nitrogens is 1. The average molecular weight is 371 g/mol. The van der Waals surface area contributed by atoms with Crippen LogP contribution in [0.2, 0.25) is 0 Å². The third kappa shape index (κ3) is 5.01. The van der Waals surface area contributed by atoms with Gasteiger partial charge in [-0.3, -0.25) is 0 Å². The molecule has 1 heterocycles. The fourth-order valence-electron chi connectivity index (χ4n) is 2.28. The molecule has 0 atom stereocenters. The first kappa shape index (κ1) is 18.3. The number of hydrogen-bond acceptors (Lipinski definition) is 5. The fourth-order valence-corrected chi connectivity index (χ4v) is 2.28. The first-order valence-electron chi connectivity index (χ1n) is 8.01. The minimum Gasteiger partial charge on any atom is -0.457 e. The van der Waals surface area contributed by atoms with Crippen LogP contribution >= 0.6 is 0 Å². The maximum Gasteiger partial charge on any atom is 0.387 e. The van der Waals surface area contributed by atoms with Crippen molar-refractivity contribution in [2.45, 2.75) is 13.2 Å². The molecule has 5 nitrogen and oxygen atoms in total. The molecule has 2 aromatic carbocycles. The Morgan fingerprint density at radius 2 is 1.70 bits per heavy atom. The Labute approximate surface area is 154 Å². The van der Waals surface area contributed by atoms with Crippen LogP contribution in [0.15, 0.2) is 72.9 Å². The largest absolute Gasteiger partial charge is 0.457 e. The highest BCUT2D eigenvalue weighted by molar-refractivity contribution is 5.91. The number of carbonyl (C=O) groups excluding carboxylic acids is 1. The molecule has 138 valence electrons. The van der Waals surface area contributed by atoms with E-state index < -0.39 is 12.6 Å². The summed E-state index contributed by atoms with van der Waals surface area (Å²) in [6.45, 7) is -3.20. The van der Waals surface area contributed by atoms with Crippen LogP contribution in [0, 0.1) is 0 Å². The van der Waals surface area contributed by atoms with Gasteiger partial charge in [-0.2, -0.15) is 8.78 Å². The highest BCUT2D eigenvalue weighted by atomic mass is 19.3. The molecule has 0 unspecified atom stereocenters. The van der Waals surface area contributed by atoms with Crippen molar-refractivity contribution in [2.75, 3.05) is 0 Å². The summed E-state index contributed by atoms with van der Waals surface area (Å²) >= 11 is 0. The van der Waals surface area contributed by atoms with Gasteiger partial charge >= 0.3 is 12.6 Å². The number of nitrogens with zero attached hydrogens (tertiary/aromatic N) is 1. The Kier molecular flexibility index (Phi) is 5.94. The zero-order chi connectivity index (χ0) is 19.1. The molecular weight excluding hydrogens is 356 g/mol. The zero-order valence-corrected chi connectivity index (χ0v) is 14.0. The Morgan fingerprint density at radius 3 is 2.48 bits per heavy atom. The standard InChI is InChI=1S/C20H15F2NO4/c21-20(22)27-17-11-5-4-7-14(17)13-25-19(24)16-10-6-12-23-18(16)26-15-8-2-1-3-9-15/h1-12,20H,13H2. The number of hydrogen-bond donors (Lipinski definition) is 0. The minimum atomic E-state index is -2.97. The lowest BCUT2D eigenvalue weighted by molar-refractivity contribution is -0.0510. The summed E-state index contributed by atoms with van der Waals surface area (Å²) in [5.74, 6) is -0.139. The van der Waals surface area contributed by atoms with Crippen molar-refractivity contribution in [3.8, 4) is 17.4 Å². The van der Waals surface area contributed by atoms with Crippen molar-refractivity contribution in [3.05, 3.63) is 84.1 Å². The fraction of sp³-hybridized carbons (Fsp3) is 0.100. The van der Waals surface area contributed by atoms with Crippen LogP contribution in [0.1, 0.15) is 15.9 Å². The summed E-state index contributed by atoms with van der Waals surface area (Å²) in [5, 5.41) is 0. The Morgan fingerprint density at radius 1 is 0.963 bits per heavy atom. The van der Waals surface area contributed by atoms with Crippen LogP contribution in [-0.4, -0.2) is 17.6 Å². The molecule has 0 aliphatic rings. The number of rotatable bonds is 7. The maximum absolute atomic E-state index is 12.5. The molecule has 0 amide bonds. The number of alkyl halides is 2. The molecule has 1 aromatic heterocycles. The van der Waals surface area contributed by atoms with Gasteiger partial charge in [-0.1, -0.05) is 36.4 Å². The molecule has 7 heteroatoms. The van der Waals surface area contributed by atoms with Crippen molar-refractivity contribution in [1.29, 1.82) is 0 Å². The first-order valence-corrected chi connectivity index (χ1v) is 8.01. The van der Waals surface area contributed by atoms with Crippen LogP contribution in [0.3, 0.4) is 0 Å². The summed E-state index contributed by atoms with van der Waals surface area (Å²) in [7, 11) is 0. The van der Waals surface area contributed by atoms with E-state index in [-0.39, 0.29) is 23.8 Å². The average Bonchev–Trinajstić information content (AvgIpc) is 2.68. The van der Waals surface area contributed by atoms with Crippen LogP contribution in [0.25, 0.3) is 0 Å². The van der Waals surface area contributed by atoms with Crippen molar-refractivity contribution in [2.24, 2.45) is 0 Å². The van der Waals surface area contributed by atoms with Gasteiger partial charge in [0.2, 0.25) is 5.88 Å². The highest BCUT2D eigenvalue weighted by Gasteiger charge is 2.17. The molecule has 0 spiro atoms. The molecule has 0 saturated heterocycles. The number of benzene rings is 2. The molecule has 0 radical (unpaired) electrons. The highest BCUT2D eigenvalue weighted by Crippen LogP contribution is 2.25. The number of ether oxygens (including phenoxy) is 3. The molecule has 3 aromatic rings. The molecule has 0 N–H and O–H groups in total. The second-order valence-electron chi connectivity index (χ2n) is 5.33. The van der Waals surface area contributed by atoms with Crippen molar-refractivity contribution in [3.63, 3.8) is 0 Å². The molecule has 0 saturated carbocycles. The van der Waals surface area contributed by atoms with E-state index in [0.717, 1.165) is 0 Å². The predicted octanol–water partition coefficient (Wildman–Crippen LogP) is 4.83. The minimum absolute atomic E-state index is 0.0488. The Hall–Kier alpha value is -3.48. The van der Waals surface area contributed by atoms with Gasteiger partial charge in [0.25, 0.3) is 0 Å². The maximum atomic E-state index is 12.5.